The smallest absolute Gasteiger partial charge is 0.294 e. The zero-order valence-electron chi connectivity index (χ0n) is 17.4. The molecular weight excluding hydrogens is 378 g/mol. The van der Waals surface area contributed by atoms with E-state index in [4.69, 9.17) is 4.74 Å². The molecule has 9 heteroatoms. The molecule has 0 saturated heterocycles. The fourth-order valence-electron chi connectivity index (χ4n) is 3.46. The van der Waals surface area contributed by atoms with Crippen molar-refractivity contribution in [1.29, 1.82) is 0 Å². The number of unbranched alkanes of at least 4 members (excludes halogenated alkanes) is 1. The molecule has 0 radical (unpaired) electrons. The molecule has 9 nitrogen and oxygen atoms in total. The van der Waals surface area contributed by atoms with Crippen LogP contribution in [0.2, 0.25) is 0 Å². The van der Waals surface area contributed by atoms with Crippen LogP contribution in [0.1, 0.15) is 61.3 Å². The van der Waals surface area contributed by atoms with Crippen molar-refractivity contribution in [3.8, 4) is 5.75 Å². The first-order chi connectivity index (χ1) is 13.7. The maximum atomic E-state index is 12.6. The third-order valence-corrected chi connectivity index (χ3v) is 4.86. The Hall–Kier alpha value is -2.68. The van der Waals surface area contributed by atoms with Gasteiger partial charge in [0.05, 0.1) is 17.7 Å². The summed E-state index contributed by atoms with van der Waals surface area (Å²) in [6.45, 7) is 9.93. The lowest BCUT2D eigenvalue weighted by molar-refractivity contribution is -0.757. The molecule has 0 N–H and O–H groups in total. The van der Waals surface area contributed by atoms with Crippen LogP contribution in [0.25, 0.3) is 0 Å². The molecule has 1 aliphatic rings. The number of carbonyl (C=O) groups is 2. The van der Waals surface area contributed by atoms with Crippen LogP contribution in [0, 0.1) is 10.1 Å². The quantitative estimate of drug-likeness (QED) is 0.227. The van der Waals surface area contributed by atoms with Crippen molar-refractivity contribution < 1.29 is 24.3 Å². The molecule has 2 amide bonds. The molecule has 0 spiro atoms. The van der Waals surface area contributed by atoms with Gasteiger partial charge in [0.15, 0.2) is 0 Å². The van der Waals surface area contributed by atoms with E-state index in [1.165, 1.54) is 4.90 Å². The van der Waals surface area contributed by atoms with E-state index in [0.29, 0.717) is 48.4 Å². The summed E-state index contributed by atoms with van der Waals surface area (Å²) in [6.07, 6.45) is 0.813. The van der Waals surface area contributed by atoms with Crippen LogP contribution in [0.3, 0.4) is 0 Å². The van der Waals surface area contributed by atoms with Crippen molar-refractivity contribution in [3.05, 3.63) is 39.4 Å². The normalized spacial score (nSPS) is 13.6. The van der Waals surface area contributed by atoms with Crippen molar-refractivity contribution in [2.75, 3.05) is 26.3 Å². The van der Waals surface area contributed by atoms with Crippen LogP contribution in [-0.4, -0.2) is 65.1 Å². The van der Waals surface area contributed by atoms with Crippen molar-refractivity contribution in [2.45, 2.75) is 52.6 Å². The summed E-state index contributed by atoms with van der Waals surface area (Å²) < 4.78 is 5.81. The van der Waals surface area contributed by atoms with Gasteiger partial charge in [-0.05, 0) is 58.7 Å². The van der Waals surface area contributed by atoms with E-state index >= 15 is 0 Å². The molecular formula is C20H29N3O6. The Morgan fingerprint density at radius 2 is 1.69 bits per heavy atom. The Balaban J connectivity index is 1.92. The average molecular weight is 407 g/mol. The van der Waals surface area contributed by atoms with E-state index < -0.39 is 5.09 Å². The Bertz CT molecular complexity index is 742. The molecule has 1 aliphatic heterocycles. The SMILES string of the molecule is CC(C)N(CCOc1ccc2c(c1)C(=O)N(CCCCO[N+](=O)[O-])C2=O)C(C)C. The van der Waals surface area contributed by atoms with E-state index in [1.54, 1.807) is 18.2 Å². The molecule has 0 aromatic heterocycles. The van der Waals surface area contributed by atoms with Gasteiger partial charge in [0.25, 0.3) is 16.9 Å². The van der Waals surface area contributed by atoms with Gasteiger partial charge in [-0.2, -0.15) is 0 Å². The molecule has 0 unspecified atom stereocenters. The third-order valence-electron chi connectivity index (χ3n) is 4.86. The fourth-order valence-corrected chi connectivity index (χ4v) is 3.46. The first-order valence-corrected chi connectivity index (χ1v) is 9.88. The van der Waals surface area contributed by atoms with Gasteiger partial charge in [-0.25, -0.2) is 0 Å². The van der Waals surface area contributed by atoms with E-state index in [9.17, 15) is 19.7 Å². The highest BCUT2D eigenvalue weighted by atomic mass is 16.9. The Labute approximate surface area is 170 Å². The van der Waals surface area contributed by atoms with Gasteiger partial charge in [0.2, 0.25) is 0 Å². The molecule has 0 aliphatic carbocycles. The average Bonchev–Trinajstić information content (AvgIpc) is 2.88. The molecule has 0 saturated carbocycles. The first kappa shape index (κ1) is 22.6. The largest absolute Gasteiger partial charge is 0.492 e. The third kappa shape index (κ3) is 5.90. The number of hydrogen-bond donors (Lipinski definition) is 0. The van der Waals surface area contributed by atoms with Gasteiger partial charge in [0.1, 0.15) is 12.4 Å². The minimum absolute atomic E-state index is 0.0576. The van der Waals surface area contributed by atoms with E-state index in [0.717, 1.165) is 6.54 Å². The lowest BCUT2D eigenvalue weighted by Crippen LogP contribution is -2.39. The molecule has 1 aromatic carbocycles. The van der Waals surface area contributed by atoms with Crippen molar-refractivity contribution in [1.82, 2.24) is 9.80 Å². The molecule has 1 heterocycles. The van der Waals surface area contributed by atoms with Crippen molar-refractivity contribution in [2.24, 2.45) is 0 Å². The molecule has 1 aromatic rings. The Morgan fingerprint density at radius 3 is 2.31 bits per heavy atom. The predicted octanol–water partition coefficient (Wildman–Crippen LogP) is 2.77. The van der Waals surface area contributed by atoms with Gasteiger partial charge in [-0.15, -0.1) is 10.1 Å². The number of nitrogens with zero attached hydrogens (tertiary/aromatic N) is 3. The second-order valence-corrected chi connectivity index (χ2v) is 7.51. The highest BCUT2D eigenvalue weighted by molar-refractivity contribution is 6.21. The number of imide groups is 1. The number of benzene rings is 1. The number of amides is 2. The van der Waals surface area contributed by atoms with Crippen LogP contribution in [0.4, 0.5) is 0 Å². The predicted molar refractivity (Wildman–Crippen MR) is 106 cm³/mol. The minimum Gasteiger partial charge on any atom is -0.492 e. The van der Waals surface area contributed by atoms with Crippen LogP contribution < -0.4 is 4.74 Å². The highest BCUT2D eigenvalue weighted by Gasteiger charge is 2.35. The number of fused-ring (bicyclic) bond motifs is 1. The number of ether oxygens (including phenoxy) is 1. The summed E-state index contributed by atoms with van der Waals surface area (Å²) in [5.41, 5.74) is 0.688. The lowest BCUT2D eigenvalue weighted by atomic mass is 10.1. The zero-order chi connectivity index (χ0) is 21.6. The van der Waals surface area contributed by atoms with Crippen molar-refractivity contribution in [3.63, 3.8) is 0 Å². The van der Waals surface area contributed by atoms with E-state index in [2.05, 4.69) is 37.4 Å². The van der Waals surface area contributed by atoms with Gasteiger partial charge >= 0.3 is 0 Å². The number of carbonyl (C=O) groups excluding carboxylic acids is 2. The zero-order valence-corrected chi connectivity index (χ0v) is 17.4. The Kier molecular flexibility index (Phi) is 7.95. The molecule has 0 fully saturated rings. The van der Waals surface area contributed by atoms with E-state index in [-0.39, 0.29) is 25.0 Å². The van der Waals surface area contributed by atoms with Crippen molar-refractivity contribution >= 4 is 11.8 Å². The van der Waals surface area contributed by atoms with Crippen LogP contribution in [0.5, 0.6) is 5.75 Å². The monoisotopic (exact) mass is 407 g/mol. The molecule has 0 bridgehead atoms. The summed E-state index contributed by atoms with van der Waals surface area (Å²) in [6, 6.07) is 5.74. The summed E-state index contributed by atoms with van der Waals surface area (Å²) >= 11 is 0. The molecule has 2 rings (SSSR count). The standard InChI is InChI=1S/C20H29N3O6/c1-14(2)21(15(3)4)10-12-28-16-7-8-17-18(13-16)20(25)22(19(17)24)9-5-6-11-29-23(26)27/h7-8,13-15H,5-6,9-12H2,1-4H3. The maximum Gasteiger partial charge on any atom is 0.294 e. The highest BCUT2D eigenvalue weighted by Crippen LogP contribution is 2.27. The molecule has 160 valence electrons. The minimum atomic E-state index is -0.856. The van der Waals surface area contributed by atoms with Gasteiger partial charge in [-0.1, -0.05) is 0 Å². The van der Waals surface area contributed by atoms with Gasteiger partial charge in [-0.3, -0.25) is 19.4 Å². The molecule has 0 atom stereocenters. The summed E-state index contributed by atoms with van der Waals surface area (Å²) in [5.74, 6) is -0.159. The first-order valence-electron chi connectivity index (χ1n) is 9.88. The van der Waals surface area contributed by atoms with Gasteiger partial charge < -0.3 is 9.57 Å². The Morgan fingerprint density at radius 1 is 1.03 bits per heavy atom. The molecule has 29 heavy (non-hydrogen) atoms. The van der Waals surface area contributed by atoms with E-state index in [1.807, 2.05) is 0 Å². The maximum absolute atomic E-state index is 12.6. The number of hydrogen-bond acceptors (Lipinski definition) is 7. The van der Waals surface area contributed by atoms with Gasteiger partial charge in [0, 0.05) is 25.2 Å². The topological polar surface area (TPSA) is 102 Å². The number of rotatable bonds is 12. The van der Waals surface area contributed by atoms with Crippen LogP contribution in [-0.2, 0) is 4.84 Å². The summed E-state index contributed by atoms with van der Waals surface area (Å²) in [7, 11) is 0. The summed E-state index contributed by atoms with van der Waals surface area (Å²) in [4.78, 5) is 42.9. The van der Waals surface area contributed by atoms with Crippen LogP contribution >= 0.6 is 0 Å². The second-order valence-electron chi connectivity index (χ2n) is 7.51. The fraction of sp³-hybridized carbons (Fsp3) is 0.600. The summed E-state index contributed by atoms with van der Waals surface area (Å²) in [5, 5.41) is 9.28. The van der Waals surface area contributed by atoms with Crippen LogP contribution in [0.15, 0.2) is 18.2 Å². The lowest BCUT2D eigenvalue weighted by Gasteiger charge is -2.30. The second kappa shape index (κ2) is 10.2.